The molecule has 1 amide bonds. The van der Waals surface area contributed by atoms with Gasteiger partial charge in [0.2, 0.25) is 0 Å². The zero-order valence-corrected chi connectivity index (χ0v) is 4.96. The second kappa shape index (κ2) is 3.98. The number of hydrogen-bond donors (Lipinski definition) is 1. The molecule has 0 aliphatic heterocycles. The summed E-state index contributed by atoms with van der Waals surface area (Å²) in [4.78, 5) is 9.27. The third-order valence-corrected chi connectivity index (χ3v) is 0.550. The van der Waals surface area contributed by atoms with Crippen LogP contribution in [0.2, 0.25) is 0 Å². The second-order valence-electron chi connectivity index (χ2n) is 0.387. The molecule has 0 radical (unpaired) electrons. The van der Waals surface area contributed by atoms with E-state index in [1.807, 2.05) is 0 Å². The fourth-order valence-electron chi connectivity index (χ4n) is 0.0241. The quantitative estimate of drug-likeness (QED) is 0.626. The van der Waals surface area contributed by atoms with E-state index in [0.717, 1.165) is 0 Å². The van der Waals surface area contributed by atoms with Crippen LogP contribution in [0.5, 0.6) is 0 Å². The first-order chi connectivity index (χ1) is 2.41. The van der Waals surface area contributed by atoms with Gasteiger partial charge in [-0.1, -0.05) is 0 Å². The van der Waals surface area contributed by atoms with Gasteiger partial charge in [0.25, 0.3) is 0 Å². The Morgan fingerprint density at radius 3 is 2.40 bits per heavy atom. The zero-order chi connectivity index (χ0) is 4.12. The van der Waals surface area contributed by atoms with Crippen LogP contribution in [-0.2, 0) is 22.9 Å². The SMILES string of the molecule is O=CN[CH]=[Os]. The molecule has 0 atom stereocenters. The first-order valence-corrected chi connectivity index (χ1v) is 2.48. The third kappa shape index (κ3) is 3.98. The van der Waals surface area contributed by atoms with Gasteiger partial charge in [0.1, 0.15) is 0 Å². The second-order valence-corrected chi connectivity index (χ2v) is 1.12. The summed E-state index contributed by atoms with van der Waals surface area (Å²) in [5.41, 5.74) is 0. The number of nitrogens with one attached hydrogen (secondary N) is 1. The van der Waals surface area contributed by atoms with Crippen LogP contribution >= 0.6 is 0 Å². The van der Waals surface area contributed by atoms with Crippen molar-refractivity contribution in [3.8, 4) is 0 Å². The molecule has 3 heteroatoms. The molecule has 0 fully saturated rings. The van der Waals surface area contributed by atoms with Crippen molar-refractivity contribution in [3.63, 3.8) is 0 Å². The minimum atomic E-state index is 0.632. The van der Waals surface area contributed by atoms with Crippen molar-refractivity contribution < 1.29 is 22.9 Å². The first kappa shape index (κ1) is 4.98. The van der Waals surface area contributed by atoms with Gasteiger partial charge in [-0.3, -0.25) is 0 Å². The first-order valence-electron chi connectivity index (χ1n) is 1.02. The molecule has 30 valence electrons. The van der Waals surface area contributed by atoms with E-state index in [9.17, 15) is 4.79 Å². The van der Waals surface area contributed by atoms with Gasteiger partial charge >= 0.3 is 39.4 Å². The Bertz CT molecular complexity index is 38.9. The van der Waals surface area contributed by atoms with E-state index in [1.165, 1.54) is 0 Å². The van der Waals surface area contributed by atoms with Crippen LogP contribution in [-0.4, -0.2) is 11.1 Å². The van der Waals surface area contributed by atoms with E-state index in [0.29, 0.717) is 6.41 Å². The number of hydrogen-bond acceptors (Lipinski definition) is 1. The maximum absolute atomic E-state index is 9.27. The molecule has 0 aromatic rings. The van der Waals surface area contributed by atoms with Crippen LogP contribution in [0.3, 0.4) is 0 Å². The van der Waals surface area contributed by atoms with Crippen LogP contribution in [0.25, 0.3) is 0 Å². The predicted molar refractivity (Wildman–Crippen MR) is 15.3 cm³/mol. The van der Waals surface area contributed by atoms with E-state index in [2.05, 4.69) is 5.32 Å². The number of carbonyl (C=O) groups excluding carboxylic acids is 1. The summed E-state index contributed by atoms with van der Waals surface area (Å²) in [7, 11) is 0. The Morgan fingerprint density at radius 1 is 1.80 bits per heavy atom. The van der Waals surface area contributed by atoms with E-state index >= 15 is 0 Å². The molecule has 0 aromatic heterocycles. The molecule has 0 spiro atoms. The summed E-state index contributed by atoms with van der Waals surface area (Å²) in [6.45, 7) is 0. The molecule has 0 unspecified atom stereocenters. The summed E-state index contributed by atoms with van der Waals surface area (Å²) < 4.78 is 1.59. The normalized spacial score (nSPS) is 5.80. The van der Waals surface area contributed by atoms with Gasteiger partial charge in [-0.2, -0.15) is 0 Å². The summed E-state index contributed by atoms with van der Waals surface area (Å²) in [5, 5.41) is 2.32. The van der Waals surface area contributed by atoms with Crippen molar-refractivity contribution in [2.24, 2.45) is 0 Å². The Hall–Kier alpha value is -0.0236. The predicted octanol–water partition coefficient (Wildman–Crippen LogP) is -0.961. The van der Waals surface area contributed by atoms with Crippen LogP contribution in [0.4, 0.5) is 0 Å². The Labute approximate surface area is 40.0 Å². The minimum absolute atomic E-state index is 0.632. The standard InChI is InChI=1S/C2H3NO.Os/c1-3-2-4;/h1-2H,(H,3,4);. The van der Waals surface area contributed by atoms with Crippen LogP contribution < -0.4 is 5.32 Å². The monoisotopic (exact) mass is 249 g/mol. The van der Waals surface area contributed by atoms with Crippen molar-refractivity contribution in [3.05, 3.63) is 0 Å². The molecule has 5 heavy (non-hydrogen) atoms. The maximum atomic E-state index is 9.27. The molecule has 0 rings (SSSR count). The molecule has 0 aliphatic rings. The van der Waals surface area contributed by atoms with E-state index in [-0.39, 0.29) is 0 Å². The Balaban J connectivity index is 2.65. The van der Waals surface area contributed by atoms with Crippen LogP contribution in [0.15, 0.2) is 0 Å². The third-order valence-electron chi connectivity index (χ3n) is 0.127. The average molecular weight is 247 g/mol. The molecule has 0 aliphatic carbocycles. The number of carbonyl (C=O) groups is 1. The van der Waals surface area contributed by atoms with E-state index in [1.54, 1.807) is 22.8 Å². The van der Waals surface area contributed by atoms with Crippen LogP contribution in [0.1, 0.15) is 0 Å². The van der Waals surface area contributed by atoms with Crippen molar-refractivity contribution in [2.45, 2.75) is 0 Å². The van der Waals surface area contributed by atoms with Crippen molar-refractivity contribution in [1.82, 2.24) is 5.32 Å². The summed E-state index contributed by atoms with van der Waals surface area (Å²) in [5.74, 6) is 0. The zero-order valence-electron chi connectivity index (χ0n) is 2.42. The summed E-state index contributed by atoms with van der Waals surface area (Å²) in [6.07, 6.45) is 0.632. The molecule has 1 N–H and O–H groups in total. The van der Waals surface area contributed by atoms with E-state index in [4.69, 9.17) is 0 Å². The Morgan fingerprint density at radius 2 is 2.40 bits per heavy atom. The molecule has 0 bridgehead atoms. The molecule has 0 saturated heterocycles. The summed E-state index contributed by atoms with van der Waals surface area (Å²) >= 11 is 1.58. The molecule has 2 nitrogen and oxygen atoms in total. The average Bonchev–Trinajstić information content (AvgIpc) is 1.41. The van der Waals surface area contributed by atoms with Crippen molar-refractivity contribution in [2.75, 3.05) is 0 Å². The van der Waals surface area contributed by atoms with Gasteiger partial charge in [-0.05, 0) is 0 Å². The van der Waals surface area contributed by atoms with Gasteiger partial charge in [0.15, 0.2) is 0 Å². The fourth-order valence-corrected chi connectivity index (χ4v) is 0.197. The Kier molecular flexibility index (Phi) is 3.96. The molecule has 0 aromatic carbocycles. The van der Waals surface area contributed by atoms with Gasteiger partial charge in [0.05, 0.1) is 0 Å². The summed E-state index contributed by atoms with van der Waals surface area (Å²) in [6, 6.07) is 0. The van der Waals surface area contributed by atoms with Gasteiger partial charge < -0.3 is 0 Å². The topological polar surface area (TPSA) is 29.1 Å². The number of amides is 1. The molecule has 0 saturated carbocycles. The van der Waals surface area contributed by atoms with Crippen LogP contribution in [0, 0.1) is 0 Å². The van der Waals surface area contributed by atoms with E-state index < -0.39 is 0 Å². The van der Waals surface area contributed by atoms with Gasteiger partial charge in [-0.15, -0.1) is 0 Å². The molecule has 0 heterocycles. The van der Waals surface area contributed by atoms with Crippen molar-refractivity contribution >= 4 is 11.1 Å². The van der Waals surface area contributed by atoms with Gasteiger partial charge in [-0.25, -0.2) is 0 Å². The van der Waals surface area contributed by atoms with Crippen molar-refractivity contribution in [1.29, 1.82) is 0 Å². The number of rotatable bonds is 2. The molecular formula is C2H3NOOs. The van der Waals surface area contributed by atoms with Gasteiger partial charge in [0, 0.05) is 0 Å². The fraction of sp³-hybridized carbons (Fsp3) is 0. The molecular weight excluding hydrogens is 244 g/mol.